The molecule has 19 heavy (non-hydrogen) atoms. The Hall–Kier alpha value is -1.00. The van der Waals surface area contributed by atoms with Crippen LogP contribution in [0.15, 0.2) is 12.1 Å². The number of nitrogens with zero attached hydrogens (tertiary/aromatic N) is 1. The van der Waals surface area contributed by atoms with Gasteiger partial charge in [-0.15, -0.1) is 0 Å². The number of unbranched alkanes of at least 4 members (excludes halogenated alkanes) is 1. The first-order chi connectivity index (χ1) is 8.91. The van der Waals surface area contributed by atoms with Crippen molar-refractivity contribution in [1.82, 2.24) is 0 Å². The highest BCUT2D eigenvalue weighted by atomic mass is 35.5. The van der Waals surface area contributed by atoms with Crippen LogP contribution in [-0.4, -0.2) is 11.5 Å². The van der Waals surface area contributed by atoms with Gasteiger partial charge >= 0.3 is 0 Å². The monoisotopic (exact) mass is 304 g/mol. The number of nitro benzene ring substituents is 1. The van der Waals surface area contributed by atoms with Gasteiger partial charge in [0, 0.05) is 12.6 Å². The summed E-state index contributed by atoms with van der Waals surface area (Å²) in [5.74, 6) is 0.680. The number of hydrogen-bond donors (Lipinski definition) is 1. The fraction of sp³-hybridized carbons (Fsp3) is 0.538. The average Bonchev–Trinajstić information content (AvgIpc) is 2.32. The standard InChI is InChI=1S/C13H18Cl2N2O2/c1-9(2)5-3-4-6-16-12-7-10(14)11(15)8-13(12)17(18)19/h7-9,16H,3-6H2,1-2H3. The molecule has 1 rings (SSSR count). The molecular weight excluding hydrogens is 287 g/mol. The Labute approximate surface area is 123 Å². The Morgan fingerprint density at radius 2 is 1.89 bits per heavy atom. The predicted molar refractivity (Wildman–Crippen MR) is 80.3 cm³/mol. The molecule has 1 aromatic carbocycles. The summed E-state index contributed by atoms with van der Waals surface area (Å²) in [5.41, 5.74) is 0.377. The normalized spacial score (nSPS) is 10.8. The smallest absolute Gasteiger partial charge is 0.293 e. The molecule has 4 nitrogen and oxygen atoms in total. The Bertz CT molecular complexity index is 451. The van der Waals surface area contributed by atoms with E-state index in [2.05, 4.69) is 19.2 Å². The molecule has 0 aliphatic heterocycles. The van der Waals surface area contributed by atoms with Gasteiger partial charge in [0.15, 0.2) is 0 Å². The molecule has 1 N–H and O–H groups in total. The molecule has 0 aromatic heterocycles. The first kappa shape index (κ1) is 16.1. The molecule has 0 saturated carbocycles. The Balaban J connectivity index is 2.62. The molecule has 0 heterocycles. The molecule has 106 valence electrons. The number of benzene rings is 1. The van der Waals surface area contributed by atoms with E-state index in [0.29, 0.717) is 23.2 Å². The van der Waals surface area contributed by atoms with Gasteiger partial charge in [0.2, 0.25) is 0 Å². The van der Waals surface area contributed by atoms with Crippen LogP contribution < -0.4 is 5.32 Å². The van der Waals surface area contributed by atoms with E-state index in [9.17, 15) is 10.1 Å². The van der Waals surface area contributed by atoms with Crippen LogP contribution in [0.3, 0.4) is 0 Å². The van der Waals surface area contributed by atoms with E-state index >= 15 is 0 Å². The first-order valence-electron chi connectivity index (χ1n) is 6.29. The molecule has 0 saturated heterocycles. The second-order valence-corrected chi connectivity index (χ2v) is 5.67. The number of nitro groups is 1. The molecule has 1 aromatic rings. The van der Waals surface area contributed by atoms with E-state index < -0.39 is 4.92 Å². The van der Waals surface area contributed by atoms with Crippen molar-refractivity contribution in [3.63, 3.8) is 0 Å². The molecule has 0 spiro atoms. The number of rotatable bonds is 7. The minimum atomic E-state index is -0.460. The zero-order valence-electron chi connectivity index (χ0n) is 11.1. The van der Waals surface area contributed by atoms with Crippen LogP contribution in [0.25, 0.3) is 0 Å². The Morgan fingerprint density at radius 1 is 1.26 bits per heavy atom. The molecule has 6 heteroatoms. The van der Waals surface area contributed by atoms with E-state index in [4.69, 9.17) is 23.2 Å². The third kappa shape index (κ3) is 5.25. The van der Waals surface area contributed by atoms with E-state index in [0.717, 1.165) is 19.3 Å². The number of anilines is 1. The van der Waals surface area contributed by atoms with Gasteiger partial charge in [-0.05, 0) is 18.4 Å². The van der Waals surface area contributed by atoms with Gasteiger partial charge in [0.1, 0.15) is 5.69 Å². The summed E-state index contributed by atoms with van der Waals surface area (Å²) < 4.78 is 0. The van der Waals surface area contributed by atoms with Crippen molar-refractivity contribution in [3.05, 3.63) is 32.3 Å². The number of halogens is 2. The lowest BCUT2D eigenvalue weighted by Crippen LogP contribution is -2.05. The van der Waals surface area contributed by atoms with Crippen LogP contribution in [0.5, 0.6) is 0 Å². The highest BCUT2D eigenvalue weighted by Crippen LogP contribution is 2.33. The van der Waals surface area contributed by atoms with Crippen molar-refractivity contribution in [3.8, 4) is 0 Å². The minimum absolute atomic E-state index is 0.0433. The largest absolute Gasteiger partial charge is 0.379 e. The minimum Gasteiger partial charge on any atom is -0.379 e. The van der Waals surface area contributed by atoms with Crippen molar-refractivity contribution >= 4 is 34.6 Å². The van der Waals surface area contributed by atoms with Crippen LogP contribution in [-0.2, 0) is 0 Å². The lowest BCUT2D eigenvalue weighted by Gasteiger charge is -2.09. The summed E-state index contributed by atoms with van der Waals surface area (Å²) in [6, 6.07) is 2.78. The summed E-state index contributed by atoms with van der Waals surface area (Å²) >= 11 is 11.7. The summed E-state index contributed by atoms with van der Waals surface area (Å²) in [6.45, 7) is 5.04. The quantitative estimate of drug-likeness (QED) is 0.431. The highest BCUT2D eigenvalue weighted by molar-refractivity contribution is 6.42. The third-order valence-corrected chi connectivity index (χ3v) is 3.48. The maximum atomic E-state index is 10.9. The third-order valence-electron chi connectivity index (χ3n) is 2.76. The van der Waals surface area contributed by atoms with Crippen molar-refractivity contribution in [1.29, 1.82) is 0 Å². The summed E-state index contributed by atoms with van der Waals surface area (Å²) in [4.78, 5) is 10.5. The zero-order chi connectivity index (χ0) is 14.4. The van der Waals surface area contributed by atoms with Gasteiger partial charge in [-0.1, -0.05) is 49.9 Å². The second-order valence-electron chi connectivity index (χ2n) is 4.86. The van der Waals surface area contributed by atoms with Gasteiger partial charge in [-0.3, -0.25) is 10.1 Å². The predicted octanol–water partition coefficient (Wildman–Crippen LogP) is 5.14. The molecule has 0 atom stereocenters. The molecule has 0 amide bonds. The molecule has 0 aliphatic rings. The lowest BCUT2D eigenvalue weighted by molar-refractivity contribution is -0.383. The molecular formula is C13H18Cl2N2O2. The molecule has 0 bridgehead atoms. The van der Waals surface area contributed by atoms with Crippen LogP contribution >= 0.6 is 23.2 Å². The average molecular weight is 305 g/mol. The van der Waals surface area contributed by atoms with Gasteiger partial charge in [-0.25, -0.2) is 0 Å². The maximum Gasteiger partial charge on any atom is 0.293 e. The van der Waals surface area contributed by atoms with Gasteiger partial charge < -0.3 is 5.32 Å². The molecule has 0 fully saturated rings. The highest BCUT2D eigenvalue weighted by Gasteiger charge is 2.16. The second kappa shape index (κ2) is 7.56. The Kier molecular flexibility index (Phi) is 6.38. The summed E-state index contributed by atoms with van der Waals surface area (Å²) in [5, 5.41) is 14.5. The molecule has 0 unspecified atom stereocenters. The van der Waals surface area contributed by atoms with Crippen molar-refractivity contribution in [2.24, 2.45) is 5.92 Å². The summed E-state index contributed by atoms with van der Waals surface area (Å²) in [7, 11) is 0. The van der Waals surface area contributed by atoms with Crippen molar-refractivity contribution < 1.29 is 4.92 Å². The molecule has 0 radical (unpaired) electrons. The fourth-order valence-corrected chi connectivity index (χ4v) is 2.05. The fourth-order valence-electron chi connectivity index (χ4n) is 1.73. The zero-order valence-corrected chi connectivity index (χ0v) is 12.6. The van der Waals surface area contributed by atoms with Gasteiger partial charge in [0.25, 0.3) is 5.69 Å². The van der Waals surface area contributed by atoms with E-state index in [1.807, 2.05) is 0 Å². The summed E-state index contributed by atoms with van der Waals surface area (Å²) in [6.07, 6.45) is 3.22. The van der Waals surface area contributed by atoms with Crippen molar-refractivity contribution in [2.45, 2.75) is 33.1 Å². The maximum absolute atomic E-state index is 10.9. The number of nitrogens with one attached hydrogen (secondary N) is 1. The van der Waals surface area contributed by atoms with Crippen molar-refractivity contribution in [2.75, 3.05) is 11.9 Å². The van der Waals surface area contributed by atoms with E-state index in [-0.39, 0.29) is 10.7 Å². The van der Waals surface area contributed by atoms with Crippen LogP contribution in [0.4, 0.5) is 11.4 Å². The topological polar surface area (TPSA) is 55.2 Å². The van der Waals surface area contributed by atoms with E-state index in [1.54, 1.807) is 0 Å². The van der Waals surface area contributed by atoms with Gasteiger partial charge in [0.05, 0.1) is 15.0 Å². The molecule has 0 aliphatic carbocycles. The van der Waals surface area contributed by atoms with Crippen LogP contribution in [0.2, 0.25) is 10.0 Å². The number of hydrogen-bond acceptors (Lipinski definition) is 3. The lowest BCUT2D eigenvalue weighted by atomic mass is 10.1. The van der Waals surface area contributed by atoms with Gasteiger partial charge in [-0.2, -0.15) is 0 Å². The van der Waals surface area contributed by atoms with E-state index in [1.165, 1.54) is 12.1 Å². The van der Waals surface area contributed by atoms with Crippen LogP contribution in [0.1, 0.15) is 33.1 Å². The SMILES string of the molecule is CC(C)CCCCNc1cc(Cl)c(Cl)cc1[N+](=O)[O-]. The first-order valence-corrected chi connectivity index (χ1v) is 7.04. The Morgan fingerprint density at radius 3 is 2.47 bits per heavy atom. The van der Waals surface area contributed by atoms with Crippen LogP contribution in [0, 0.1) is 16.0 Å².